The normalized spacial score (nSPS) is 15.8. The van der Waals surface area contributed by atoms with Crippen LogP contribution in [-0.2, 0) is 11.3 Å². The van der Waals surface area contributed by atoms with E-state index in [1.54, 1.807) is 17.9 Å². The molecule has 1 saturated heterocycles. The first kappa shape index (κ1) is 18.8. The van der Waals surface area contributed by atoms with Crippen molar-refractivity contribution in [3.63, 3.8) is 0 Å². The summed E-state index contributed by atoms with van der Waals surface area (Å²) in [7, 11) is 1.49. The summed E-state index contributed by atoms with van der Waals surface area (Å²) in [5.41, 5.74) is 6.59. The molecule has 0 aromatic heterocycles. The van der Waals surface area contributed by atoms with E-state index in [4.69, 9.17) is 15.2 Å². The van der Waals surface area contributed by atoms with Gasteiger partial charge in [-0.25, -0.2) is 14.2 Å². The molecule has 0 spiro atoms. The molecule has 1 aliphatic heterocycles. The summed E-state index contributed by atoms with van der Waals surface area (Å²) in [4.78, 5) is 17.6. The summed E-state index contributed by atoms with van der Waals surface area (Å²) in [5, 5.41) is 3.15. The van der Waals surface area contributed by atoms with Gasteiger partial charge in [0, 0.05) is 25.2 Å². The van der Waals surface area contributed by atoms with Crippen molar-refractivity contribution >= 4 is 12.1 Å². The van der Waals surface area contributed by atoms with Crippen molar-refractivity contribution in [3.05, 3.63) is 29.6 Å². The summed E-state index contributed by atoms with van der Waals surface area (Å²) in [5.74, 6) is 0.378. The van der Waals surface area contributed by atoms with Gasteiger partial charge in [0.05, 0.1) is 20.3 Å². The van der Waals surface area contributed by atoms with Crippen LogP contribution >= 0.6 is 0 Å². The highest BCUT2D eigenvalue weighted by atomic mass is 19.1. The maximum Gasteiger partial charge on any atom is 0.409 e. The predicted molar refractivity (Wildman–Crippen MR) is 93.0 cm³/mol. The van der Waals surface area contributed by atoms with Gasteiger partial charge in [0.1, 0.15) is 11.6 Å². The van der Waals surface area contributed by atoms with E-state index >= 15 is 0 Å². The fourth-order valence-electron chi connectivity index (χ4n) is 2.68. The minimum atomic E-state index is -0.373. The number of piperidine rings is 1. The van der Waals surface area contributed by atoms with E-state index in [2.05, 4.69) is 10.3 Å². The lowest BCUT2D eigenvalue weighted by atomic mass is 10.1. The molecule has 2 rings (SSSR count). The Morgan fingerprint density at radius 2 is 2.12 bits per heavy atom. The van der Waals surface area contributed by atoms with Gasteiger partial charge in [-0.05, 0) is 37.5 Å². The van der Waals surface area contributed by atoms with Crippen LogP contribution in [0.15, 0.2) is 23.2 Å². The molecule has 1 fully saturated rings. The van der Waals surface area contributed by atoms with E-state index < -0.39 is 0 Å². The lowest BCUT2D eigenvalue weighted by Crippen LogP contribution is -2.48. The molecule has 1 amide bonds. The van der Waals surface area contributed by atoms with Gasteiger partial charge in [0.2, 0.25) is 0 Å². The Morgan fingerprint density at radius 3 is 2.76 bits per heavy atom. The van der Waals surface area contributed by atoms with Gasteiger partial charge in [-0.2, -0.15) is 0 Å². The number of carbonyl (C=O) groups is 1. The Morgan fingerprint density at radius 1 is 1.40 bits per heavy atom. The molecule has 7 nitrogen and oxygen atoms in total. The number of hydrogen-bond acceptors (Lipinski definition) is 4. The standard InChI is InChI=1S/C17H25FN4O3/c1-3-25-17(23)22-6-4-14(5-7-22)21-16(19)20-11-12-8-13(18)10-15(9-12)24-2/h8-10,14H,3-7,11H2,1-2H3,(H3,19,20,21). The zero-order valence-corrected chi connectivity index (χ0v) is 14.6. The molecule has 0 aliphatic carbocycles. The van der Waals surface area contributed by atoms with Crippen LogP contribution in [0.25, 0.3) is 0 Å². The summed E-state index contributed by atoms with van der Waals surface area (Å²) >= 11 is 0. The average Bonchev–Trinajstić information content (AvgIpc) is 2.60. The number of nitrogens with two attached hydrogens (primary N) is 1. The molecule has 0 bridgehead atoms. The van der Waals surface area contributed by atoms with Gasteiger partial charge in [-0.15, -0.1) is 0 Å². The monoisotopic (exact) mass is 352 g/mol. The van der Waals surface area contributed by atoms with Gasteiger partial charge < -0.3 is 25.4 Å². The topological polar surface area (TPSA) is 89.2 Å². The Balaban J connectivity index is 1.82. The predicted octanol–water partition coefficient (Wildman–Crippen LogP) is 1.86. The number of benzene rings is 1. The highest BCUT2D eigenvalue weighted by molar-refractivity contribution is 5.78. The van der Waals surface area contributed by atoms with Crippen LogP contribution in [0.2, 0.25) is 0 Å². The molecule has 1 aliphatic rings. The second-order valence-electron chi connectivity index (χ2n) is 5.81. The second-order valence-corrected chi connectivity index (χ2v) is 5.81. The van der Waals surface area contributed by atoms with E-state index in [-0.39, 0.29) is 24.5 Å². The number of nitrogens with zero attached hydrogens (tertiary/aromatic N) is 2. The first-order valence-electron chi connectivity index (χ1n) is 8.33. The number of methoxy groups -OCH3 is 1. The van der Waals surface area contributed by atoms with Crippen molar-refractivity contribution in [1.29, 1.82) is 0 Å². The van der Waals surface area contributed by atoms with E-state index in [0.717, 1.165) is 12.8 Å². The van der Waals surface area contributed by atoms with Crippen molar-refractivity contribution in [3.8, 4) is 5.75 Å². The Labute approximate surface area is 147 Å². The van der Waals surface area contributed by atoms with Crippen molar-refractivity contribution in [1.82, 2.24) is 10.2 Å². The second kappa shape index (κ2) is 9.10. The third kappa shape index (κ3) is 5.81. The summed E-state index contributed by atoms with van der Waals surface area (Å²) < 4.78 is 23.5. The maximum atomic E-state index is 13.5. The van der Waals surface area contributed by atoms with Crippen molar-refractivity contribution in [2.75, 3.05) is 26.8 Å². The molecule has 138 valence electrons. The number of rotatable bonds is 5. The van der Waals surface area contributed by atoms with Gasteiger partial charge in [0.15, 0.2) is 5.96 Å². The Hall–Kier alpha value is -2.51. The molecule has 0 atom stereocenters. The van der Waals surface area contributed by atoms with Gasteiger partial charge in [-0.3, -0.25) is 0 Å². The lowest BCUT2D eigenvalue weighted by Gasteiger charge is -2.31. The Bertz CT molecular complexity index is 616. The van der Waals surface area contributed by atoms with E-state index in [9.17, 15) is 9.18 Å². The van der Waals surface area contributed by atoms with Gasteiger partial charge >= 0.3 is 6.09 Å². The van der Waals surface area contributed by atoms with Crippen LogP contribution < -0.4 is 15.8 Å². The zero-order chi connectivity index (χ0) is 18.2. The van der Waals surface area contributed by atoms with E-state index in [1.165, 1.54) is 19.2 Å². The number of carbonyl (C=O) groups excluding carboxylic acids is 1. The largest absolute Gasteiger partial charge is 0.497 e. The number of hydrogen-bond donors (Lipinski definition) is 2. The van der Waals surface area contributed by atoms with Crippen molar-refractivity contribution < 1.29 is 18.7 Å². The third-order valence-corrected chi connectivity index (χ3v) is 3.97. The first-order chi connectivity index (χ1) is 12.0. The summed E-state index contributed by atoms with van der Waals surface area (Å²) in [6.45, 7) is 3.66. The zero-order valence-electron chi connectivity index (χ0n) is 14.6. The Kier molecular flexibility index (Phi) is 6.85. The van der Waals surface area contributed by atoms with Crippen LogP contribution in [0.5, 0.6) is 5.75 Å². The number of guanidine groups is 1. The minimum absolute atomic E-state index is 0.150. The summed E-state index contributed by atoms with van der Waals surface area (Å²) in [6, 6.07) is 4.58. The molecule has 0 saturated carbocycles. The van der Waals surface area contributed by atoms with E-state index in [0.29, 0.717) is 37.0 Å². The van der Waals surface area contributed by atoms with Crippen LogP contribution in [0.3, 0.4) is 0 Å². The average molecular weight is 352 g/mol. The molecule has 0 radical (unpaired) electrons. The number of amides is 1. The van der Waals surface area contributed by atoms with Gasteiger partial charge in [0.25, 0.3) is 0 Å². The fourth-order valence-corrected chi connectivity index (χ4v) is 2.68. The summed E-state index contributed by atoms with van der Waals surface area (Å²) in [6.07, 6.45) is 1.26. The molecule has 1 heterocycles. The number of likely N-dealkylation sites (tertiary alicyclic amines) is 1. The number of halogens is 1. The molecular formula is C17H25FN4O3. The van der Waals surface area contributed by atoms with Crippen LogP contribution in [0.1, 0.15) is 25.3 Å². The van der Waals surface area contributed by atoms with Crippen molar-refractivity contribution in [2.45, 2.75) is 32.4 Å². The lowest BCUT2D eigenvalue weighted by molar-refractivity contribution is 0.0963. The first-order valence-corrected chi connectivity index (χ1v) is 8.33. The highest BCUT2D eigenvalue weighted by Gasteiger charge is 2.23. The smallest absolute Gasteiger partial charge is 0.409 e. The molecule has 1 aromatic rings. The van der Waals surface area contributed by atoms with E-state index in [1.807, 2.05) is 0 Å². The molecule has 0 unspecified atom stereocenters. The van der Waals surface area contributed by atoms with Crippen LogP contribution in [-0.4, -0.2) is 49.8 Å². The number of nitrogens with one attached hydrogen (secondary N) is 1. The number of ether oxygens (including phenoxy) is 2. The van der Waals surface area contributed by atoms with Crippen molar-refractivity contribution in [2.24, 2.45) is 10.7 Å². The number of aliphatic imine (C=N–C) groups is 1. The third-order valence-electron chi connectivity index (χ3n) is 3.97. The fraction of sp³-hybridized carbons (Fsp3) is 0.529. The highest BCUT2D eigenvalue weighted by Crippen LogP contribution is 2.16. The maximum absolute atomic E-state index is 13.5. The molecule has 1 aromatic carbocycles. The quantitative estimate of drug-likeness (QED) is 0.624. The SMILES string of the molecule is CCOC(=O)N1CCC(NC(N)=NCc2cc(F)cc(OC)c2)CC1. The van der Waals surface area contributed by atoms with Crippen LogP contribution in [0, 0.1) is 5.82 Å². The molecule has 25 heavy (non-hydrogen) atoms. The van der Waals surface area contributed by atoms with Gasteiger partial charge in [-0.1, -0.05) is 0 Å². The van der Waals surface area contributed by atoms with Crippen LogP contribution in [0.4, 0.5) is 9.18 Å². The molecular weight excluding hydrogens is 327 g/mol. The molecule has 3 N–H and O–H groups in total. The molecule has 8 heteroatoms. The minimum Gasteiger partial charge on any atom is -0.497 e.